The van der Waals surface area contributed by atoms with Gasteiger partial charge in [-0.15, -0.1) is 5.10 Å². The lowest BCUT2D eigenvalue weighted by Gasteiger charge is -2.06. The molecule has 0 N–H and O–H groups in total. The van der Waals surface area contributed by atoms with E-state index in [0.29, 0.717) is 22.1 Å². The minimum atomic E-state index is -0.782. The third-order valence-electron chi connectivity index (χ3n) is 5.79. The summed E-state index contributed by atoms with van der Waals surface area (Å²) in [5, 5.41) is 4.97. The van der Waals surface area contributed by atoms with Gasteiger partial charge in [-0.25, -0.2) is 14.5 Å². The van der Waals surface area contributed by atoms with Crippen molar-refractivity contribution in [2.75, 3.05) is 6.61 Å². The number of ether oxygens (including phenoxy) is 1. The highest BCUT2D eigenvalue weighted by Gasteiger charge is 2.21. The maximum atomic E-state index is 12.8. The number of nitrogens with zero attached hydrogens (tertiary/aromatic N) is 3. The molecule has 1 aromatic heterocycles. The molecule has 0 unspecified atom stereocenters. The van der Waals surface area contributed by atoms with Gasteiger partial charge in [-0.2, -0.15) is 0 Å². The Morgan fingerprint density at radius 3 is 2.19 bits per heavy atom. The number of rotatable bonds is 7. The molecule has 0 aliphatic rings. The number of hydrogen-bond donors (Lipinski definition) is 0. The third-order valence-corrected chi connectivity index (χ3v) is 6.04. The molecule has 0 aliphatic heterocycles. The highest BCUT2D eigenvalue weighted by molar-refractivity contribution is 6.30. The van der Waals surface area contributed by atoms with Gasteiger partial charge in [0.05, 0.1) is 5.69 Å². The quantitative estimate of drug-likeness (QED) is 0.183. The van der Waals surface area contributed by atoms with Crippen molar-refractivity contribution in [1.29, 1.82) is 0 Å². The molecule has 6 nitrogen and oxygen atoms in total. The zero-order valence-electron chi connectivity index (χ0n) is 20.0. The van der Waals surface area contributed by atoms with E-state index in [2.05, 4.69) is 10.1 Å². The fraction of sp³-hybridized carbons (Fsp3) is 0.0667. The van der Waals surface area contributed by atoms with Crippen molar-refractivity contribution in [3.63, 3.8) is 0 Å². The molecule has 5 rings (SSSR count). The number of aryl methyl sites for hydroxylation is 1. The summed E-state index contributed by atoms with van der Waals surface area (Å²) in [6.07, 6.45) is 0. The van der Waals surface area contributed by atoms with Crippen LogP contribution in [0.3, 0.4) is 0 Å². The van der Waals surface area contributed by atoms with Crippen LogP contribution in [0.1, 0.15) is 26.5 Å². The first kappa shape index (κ1) is 24.2. The Morgan fingerprint density at radius 1 is 0.811 bits per heavy atom. The molecule has 0 bridgehead atoms. The summed E-state index contributed by atoms with van der Waals surface area (Å²) < 4.78 is 6.86. The molecule has 0 amide bonds. The summed E-state index contributed by atoms with van der Waals surface area (Å²) in [7, 11) is 0. The summed E-state index contributed by atoms with van der Waals surface area (Å²) in [6, 6.07) is 31.8. The first-order chi connectivity index (χ1) is 18.0. The predicted molar refractivity (Wildman–Crippen MR) is 143 cm³/mol. The number of benzene rings is 4. The van der Waals surface area contributed by atoms with Gasteiger partial charge in [0.25, 0.3) is 5.82 Å². The van der Waals surface area contributed by atoms with Crippen LogP contribution in [-0.2, 0) is 4.74 Å². The van der Waals surface area contributed by atoms with E-state index in [0.717, 1.165) is 22.3 Å². The minimum Gasteiger partial charge on any atom is -0.451 e. The molecule has 5 aromatic rings. The van der Waals surface area contributed by atoms with Gasteiger partial charge in [0, 0.05) is 16.1 Å². The van der Waals surface area contributed by atoms with Crippen LogP contribution in [0.5, 0.6) is 0 Å². The second-order valence-electron chi connectivity index (χ2n) is 8.46. The van der Waals surface area contributed by atoms with Crippen LogP contribution in [0.2, 0.25) is 5.02 Å². The molecule has 182 valence electrons. The number of halogens is 1. The SMILES string of the molecule is Cc1cccc(-c2nc(C(=O)OCC(=O)c3ccc(-c4ccccc4)cc3)nn2-c2ccc(Cl)cc2)c1. The number of ketones is 1. The van der Waals surface area contributed by atoms with E-state index in [1.165, 1.54) is 0 Å². The Balaban J connectivity index is 1.34. The molecule has 4 aromatic carbocycles. The smallest absolute Gasteiger partial charge is 0.378 e. The lowest BCUT2D eigenvalue weighted by Crippen LogP contribution is -2.15. The van der Waals surface area contributed by atoms with Crippen molar-refractivity contribution in [3.8, 4) is 28.2 Å². The molecule has 0 spiro atoms. The number of aromatic nitrogens is 3. The number of carbonyl (C=O) groups is 2. The number of esters is 1. The van der Waals surface area contributed by atoms with Crippen molar-refractivity contribution in [1.82, 2.24) is 14.8 Å². The zero-order chi connectivity index (χ0) is 25.8. The highest BCUT2D eigenvalue weighted by atomic mass is 35.5. The van der Waals surface area contributed by atoms with Crippen LogP contribution in [0.15, 0.2) is 103 Å². The molecule has 0 radical (unpaired) electrons. The summed E-state index contributed by atoms with van der Waals surface area (Å²) >= 11 is 6.04. The Kier molecular flexibility index (Phi) is 6.92. The summed E-state index contributed by atoms with van der Waals surface area (Å²) in [5.41, 5.74) is 5.01. The van der Waals surface area contributed by atoms with E-state index in [-0.39, 0.29) is 11.6 Å². The molecular formula is C30H22ClN3O3. The van der Waals surface area contributed by atoms with Gasteiger partial charge >= 0.3 is 5.97 Å². The molecule has 37 heavy (non-hydrogen) atoms. The second-order valence-corrected chi connectivity index (χ2v) is 8.90. The lowest BCUT2D eigenvalue weighted by atomic mass is 10.0. The Hall–Kier alpha value is -4.55. The van der Waals surface area contributed by atoms with Crippen LogP contribution in [0.4, 0.5) is 0 Å². The van der Waals surface area contributed by atoms with E-state index in [1.807, 2.05) is 73.7 Å². The lowest BCUT2D eigenvalue weighted by molar-refractivity contribution is 0.0462. The molecule has 0 saturated heterocycles. The fourth-order valence-corrected chi connectivity index (χ4v) is 4.02. The summed E-state index contributed by atoms with van der Waals surface area (Å²) in [4.78, 5) is 30.0. The van der Waals surface area contributed by atoms with Crippen LogP contribution >= 0.6 is 11.6 Å². The van der Waals surface area contributed by atoms with Crippen LogP contribution in [-0.4, -0.2) is 33.1 Å². The van der Waals surface area contributed by atoms with Crippen LogP contribution < -0.4 is 0 Å². The van der Waals surface area contributed by atoms with Crippen molar-refractivity contribution in [3.05, 3.63) is 125 Å². The monoisotopic (exact) mass is 507 g/mol. The third kappa shape index (κ3) is 5.50. The summed E-state index contributed by atoms with van der Waals surface area (Å²) in [6.45, 7) is 1.55. The molecule has 0 atom stereocenters. The normalized spacial score (nSPS) is 10.8. The van der Waals surface area contributed by atoms with E-state index in [4.69, 9.17) is 16.3 Å². The number of hydrogen-bond acceptors (Lipinski definition) is 5. The van der Waals surface area contributed by atoms with Gasteiger partial charge in [0.1, 0.15) is 0 Å². The van der Waals surface area contributed by atoms with Crippen molar-refractivity contribution >= 4 is 23.4 Å². The molecule has 0 saturated carbocycles. The molecular weight excluding hydrogens is 486 g/mol. The Morgan fingerprint density at radius 2 is 1.49 bits per heavy atom. The standard InChI is InChI=1S/C30H22ClN3O3/c1-20-6-5-9-24(18-20)29-32-28(33-34(29)26-16-14-25(31)15-17-26)30(36)37-19-27(35)23-12-10-22(11-13-23)21-7-3-2-4-8-21/h2-18H,19H2,1H3. The zero-order valence-corrected chi connectivity index (χ0v) is 20.7. The van der Waals surface area contributed by atoms with E-state index in [9.17, 15) is 9.59 Å². The maximum Gasteiger partial charge on any atom is 0.378 e. The topological polar surface area (TPSA) is 74.1 Å². The maximum absolute atomic E-state index is 12.8. The summed E-state index contributed by atoms with van der Waals surface area (Å²) in [5.74, 6) is -0.764. The fourth-order valence-electron chi connectivity index (χ4n) is 3.89. The second kappa shape index (κ2) is 10.6. The minimum absolute atomic E-state index is 0.140. The van der Waals surface area contributed by atoms with Gasteiger partial charge < -0.3 is 4.74 Å². The average Bonchev–Trinajstić information content (AvgIpc) is 3.38. The molecule has 1 heterocycles. The van der Waals surface area contributed by atoms with Crippen molar-refractivity contribution < 1.29 is 14.3 Å². The Bertz CT molecular complexity index is 1560. The Labute approximate surface area is 219 Å². The molecule has 0 fully saturated rings. The number of Topliss-reactive ketones (excluding diaryl/α,β-unsaturated/α-hetero) is 1. The van der Waals surface area contributed by atoms with Gasteiger partial charge in [-0.3, -0.25) is 4.79 Å². The van der Waals surface area contributed by atoms with Crippen LogP contribution in [0, 0.1) is 6.92 Å². The highest BCUT2D eigenvalue weighted by Crippen LogP contribution is 2.24. The van der Waals surface area contributed by atoms with E-state index in [1.54, 1.807) is 41.1 Å². The predicted octanol–water partition coefficient (Wildman–Crippen LogP) is 6.60. The van der Waals surface area contributed by atoms with Crippen molar-refractivity contribution in [2.24, 2.45) is 0 Å². The van der Waals surface area contributed by atoms with Crippen molar-refractivity contribution in [2.45, 2.75) is 6.92 Å². The largest absolute Gasteiger partial charge is 0.451 e. The molecule has 7 heteroatoms. The average molecular weight is 508 g/mol. The first-order valence-electron chi connectivity index (χ1n) is 11.6. The van der Waals surface area contributed by atoms with E-state index >= 15 is 0 Å². The molecule has 0 aliphatic carbocycles. The number of carbonyl (C=O) groups excluding carboxylic acids is 2. The van der Waals surface area contributed by atoms with Crippen LogP contribution in [0.25, 0.3) is 28.2 Å². The van der Waals surface area contributed by atoms with Gasteiger partial charge in [-0.05, 0) is 48.4 Å². The van der Waals surface area contributed by atoms with Gasteiger partial charge in [0.2, 0.25) is 0 Å². The van der Waals surface area contributed by atoms with Gasteiger partial charge in [-0.1, -0.05) is 90.0 Å². The van der Waals surface area contributed by atoms with E-state index < -0.39 is 12.6 Å². The van der Waals surface area contributed by atoms with Gasteiger partial charge in [0.15, 0.2) is 18.2 Å². The first-order valence-corrected chi connectivity index (χ1v) is 12.0.